The second kappa shape index (κ2) is 5.33. The first kappa shape index (κ1) is 14.1. The molecule has 0 saturated heterocycles. The summed E-state index contributed by atoms with van der Waals surface area (Å²) in [5, 5.41) is 8.77. The molecule has 2 aromatic heterocycles. The van der Waals surface area contributed by atoms with E-state index >= 15 is 0 Å². The van der Waals surface area contributed by atoms with Crippen molar-refractivity contribution in [3.05, 3.63) is 26.7 Å². The number of aryl methyl sites for hydroxylation is 3. The van der Waals surface area contributed by atoms with Gasteiger partial charge in [-0.05, 0) is 13.3 Å². The van der Waals surface area contributed by atoms with E-state index in [0.717, 1.165) is 23.2 Å². The van der Waals surface area contributed by atoms with Crippen LogP contribution >= 0.6 is 0 Å². The van der Waals surface area contributed by atoms with Crippen molar-refractivity contribution < 1.29 is 0 Å². The molecule has 20 heavy (non-hydrogen) atoms. The summed E-state index contributed by atoms with van der Waals surface area (Å²) in [6, 6.07) is 1.85. The Morgan fingerprint density at radius 2 is 1.95 bits per heavy atom. The summed E-state index contributed by atoms with van der Waals surface area (Å²) in [6.45, 7) is 4.32. The summed E-state index contributed by atoms with van der Waals surface area (Å²) in [6.07, 6.45) is 1.65. The first-order valence-corrected chi connectivity index (χ1v) is 6.62. The van der Waals surface area contributed by atoms with E-state index in [1.54, 1.807) is 7.05 Å². The molecule has 2 rings (SSSR count). The maximum absolute atomic E-state index is 12.4. The Bertz CT molecular complexity index is 803. The van der Waals surface area contributed by atoms with Crippen LogP contribution in [0.2, 0.25) is 0 Å². The minimum Gasteiger partial charge on any atom is -0.322 e. The van der Waals surface area contributed by atoms with Gasteiger partial charge in [-0.25, -0.2) is 14.3 Å². The van der Waals surface area contributed by atoms with Gasteiger partial charge in [0.25, 0.3) is 5.56 Å². The zero-order valence-electron chi connectivity index (χ0n) is 11.9. The molecule has 0 spiro atoms. The Morgan fingerprint density at radius 3 is 2.50 bits per heavy atom. The van der Waals surface area contributed by atoms with Crippen LogP contribution in [0.1, 0.15) is 26.1 Å². The van der Waals surface area contributed by atoms with Crippen molar-refractivity contribution in [1.82, 2.24) is 18.7 Å². The minimum absolute atomic E-state index is 0.251. The number of imidazole rings is 1. The number of nitriles is 1. The molecular weight excluding hydrogens is 258 g/mol. The number of fused-ring (bicyclic) bond motifs is 1. The maximum atomic E-state index is 12.4. The van der Waals surface area contributed by atoms with Crippen LogP contribution in [0.5, 0.6) is 0 Å². The molecule has 0 fully saturated rings. The number of rotatable bonds is 4. The summed E-state index contributed by atoms with van der Waals surface area (Å²) in [7, 11) is 1.57. The molecule has 0 radical (unpaired) electrons. The first-order chi connectivity index (χ1) is 9.56. The van der Waals surface area contributed by atoms with Gasteiger partial charge in [-0.15, -0.1) is 0 Å². The van der Waals surface area contributed by atoms with Crippen LogP contribution in [0.25, 0.3) is 11.2 Å². The van der Waals surface area contributed by atoms with Crippen LogP contribution in [-0.4, -0.2) is 18.7 Å². The molecular formula is C13H17N5O2. The number of hydrogen-bond acceptors (Lipinski definition) is 4. The third-order valence-corrected chi connectivity index (χ3v) is 3.33. The number of nitrogens with zero attached hydrogens (tertiary/aromatic N) is 5. The Morgan fingerprint density at radius 1 is 1.25 bits per heavy atom. The molecule has 0 aliphatic carbocycles. The van der Waals surface area contributed by atoms with Crippen molar-refractivity contribution in [1.29, 1.82) is 5.26 Å². The van der Waals surface area contributed by atoms with Gasteiger partial charge in [-0.1, -0.05) is 6.92 Å². The average Bonchev–Trinajstić information content (AvgIpc) is 2.80. The third kappa shape index (κ3) is 1.93. The van der Waals surface area contributed by atoms with Crippen molar-refractivity contribution in [3.8, 4) is 6.07 Å². The third-order valence-electron chi connectivity index (χ3n) is 3.33. The molecule has 0 N–H and O–H groups in total. The molecule has 0 unspecified atom stereocenters. The van der Waals surface area contributed by atoms with Crippen LogP contribution in [0.3, 0.4) is 0 Å². The summed E-state index contributed by atoms with van der Waals surface area (Å²) in [5.41, 5.74) is -0.165. The van der Waals surface area contributed by atoms with Crippen molar-refractivity contribution in [3.63, 3.8) is 0 Å². The summed E-state index contributed by atoms with van der Waals surface area (Å²) < 4.78 is 4.11. The molecule has 7 nitrogen and oxygen atoms in total. The molecule has 7 heteroatoms. The van der Waals surface area contributed by atoms with Crippen LogP contribution < -0.4 is 11.2 Å². The molecule has 0 amide bonds. The SMILES string of the molecule is CCCc1nc2c(c(=O)n(CC#N)c(=O)n2C)n1CC. The zero-order chi connectivity index (χ0) is 14.9. The van der Waals surface area contributed by atoms with E-state index in [9.17, 15) is 9.59 Å². The average molecular weight is 275 g/mol. The highest BCUT2D eigenvalue weighted by Crippen LogP contribution is 2.12. The van der Waals surface area contributed by atoms with Crippen LogP contribution in [0, 0.1) is 11.3 Å². The number of hydrogen-bond donors (Lipinski definition) is 0. The summed E-state index contributed by atoms with van der Waals surface area (Å²) in [5.74, 6) is 0.798. The van der Waals surface area contributed by atoms with Gasteiger partial charge in [-0.3, -0.25) is 9.36 Å². The smallest absolute Gasteiger partial charge is 0.322 e. The van der Waals surface area contributed by atoms with E-state index in [1.165, 1.54) is 4.57 Å². The fourth-order valence-corrected chi connectivity index (χ4v) is 2.38. The van der Waals surface area contributed by atoms with Crippen LogP contribution in [0.4, 0.5) is 0 Å². The topological polar surface area (TPSA) is 85.6 Å². The Labute approximate surface area is 115 Å². The Kier molecular flexibility index (Phi) is 3.74. The molecule has 0 aliphatic rings. The molecule has 2 heterocycles. The second-order valence-corrected chi connectivity index (χ2v) is 4.59. The monoisotopic (exact) mass is 275 g/mol. The van der Waals surface area contributed by atoms with Gasteiger partial charge in [0.1, 0.15) is 12.4 Å². The fourth-order valence-electron chi connectivity index (χ4n) is 2.38. The van der Waals surface area contributed by atoms with Crippen LogP contribution in [0.15, 0.2) is 9.59 Å². The van der Waals surface area contributed by atoms with Gasteiger partial charge in [-0.2, -0.15) is 5.26 Å². The highest BCUT2D eigenvalue weighted by atomic mass is 16.2. The molecule has 0 aromatic carbocycles. The van der Waals surface area contributed by atoms with Crippen molar-refractivity contribution >= 4 is 11.2 Å². The quantitative estimate of drug-likeness (QED) is 0.808. The van der Waals surface area contributed by atoms with Gasteiger partial charge < -0.3 is 4.57 Å². The van der Waals surface area contributed by atoms with Gasteiger partial charge in [0.05, 0.1) is 6.07 Å². The van der Waals surface area contributed by atoms with E-state index in [2.05, 4.69) is 4.98 Å². The van der Waals surface area contributed by atoms with Gasteiger partial charge >= 0.3 is 5.69 Å². The molecule has 0 bridgehead atoms. The minimum atomic E-state index is -0.507. The highest BCUT2D eigenvalue weighted by molar-refractivity contribution is 5.71. The normalized spacial score (nSPS) is 10.9. The van der Waals surface area contributed by atoms with E-state index in [1.807, 2.05) is 24.5 Å². The predicted octanol–water partition coefficient (Wildman–Crippen LogP) is 0.393. The summed E-state index contributed by atoms with van der Waals surface area (Å²) >= 11 is 0. The molecule has 0 saturated carbocycles. The molecule has 106 valence electrons. The van der Waals surface area contributed by atoms with E-state index in [-0.39, 0.29) is 6.54 Å². The van der Waals surface area contributed by atoms with Crippen LogP contribution in [-0.2, 0) is 26.6 Å². The first-order valence-electron chi connectivity index (χ1n) is 6.62. The fraction of sp³-hybridized carbons (Fsp3) is 0.538. The lowest BCUT2D eigenvalue weighted by Gasteiger charge is -2.07. The molecule has 2 aromatic rings. The maximum Gasteiger partial charge on any atom is 0.333 e. The lowest BCUT2D eigenvalue weighted by molar-refractivity contribution is 0.662. The highest BCUT2D eigenvalue weighted by Gasteiger charge is 2.18. The van der Waals surface area contributed by atoms with E-state index < -0.39 is 11.2 Å². The van der Waals surface area contributed by atoms with Gasteiger partial charge in [0, 0.05) is 20.0 Å². The van der Waals surface area contributed by atoms with Crippen molar-refractivity contribution in [2.75, 3.05) is 0 Å². The number of aromatic nitrogens is 4. The Balaban J connectivity index is 2.95. The molecule has 0 atom stereocenters. The second-order valence-electron chi connectivity index (χ2n) is 4.59. The van der Waals surface area contributed by atoms with Gasteiger partial charge in [0.2, 0.25) is 0 Å². The largest absolute Gasteiger partial charge is 0.333 e. The van der Waals surface area contributed by atoms with E-state index in [4.69, 9.17) is 5.26 Å². The van der Waals surface area contributed by atoms with E-state index in [0.29, 0.717) is 17.7 Å². The standard InChI is InChI=1S/C13H17N5O2/c1-4-6-9-15-11-10(17(9)5-2)12(19)18(8-7-14)13(20)16(11)3/h4-6,8H2,1-3H3. The van der Waals surface area contributed by atoms with Gasteiger partial charge in [0.15, 0.2) is 11.2 Å². The zero-order valence-corrected chi connectivity index (χ0v) is 11.9. The Hall–Kier alpha value is -2.36. The van der Waals surface area contributed by atoms with Crippen molar-refractivity contribution in [2.45, 2.75) is 39.8 Å². The molecule has 0 aliphatic heterocycles. The van der Waals surface area contributed by atoms with Crippen molar-refractivity contribution in [2.24, 2.45) is 7.05 Å². The lowest BCUT2D eigenvalue weighted by Crippen LogP contribution is -2.39. The predicted molar refractivity (Wildman–Crippen MR) is 74.5 cm³/mol. The lowest BCUT2D eigenvalue weighted by atomic mass is 10.3. The summed E-state index contributed by atoms with van der Waals surface area (Å²) in [4.78, 5) is 28.9.